The van der Waals surface area contributed by atoms with E-state index in [1.807, 2.05) is 0 Å². The number of benzene rings is 1. The molecule has 0 aliphatic heterocycles. The average Bonchev–Trinajstić information content (AvgIpc) is 2.94. The Morgan fingerprint density at radius 3 is 2.38 bits per heavy atom. The summed E-state index contributed by atoms with van der Waals surface area (Å²) in [7, 11) is 0. The number of hydrogen-bond acceptors (Lipinski definition) is 3. The normalized spacial score (nSPS) is 14.5. The van der Waals surface area contributed by atoms with Crippen molar-refractivity contribution in [3.63, 3.8) is 0 Å². The van der Waals surface area contributed by atoms with Gasteiger partial charge in [-0.05, 0) is 24.5 Å². The molecule has 2 unspecified atom stereocenters. The van der Waals surface area contributed by atoms with Crippen molar-refractivity contribution in [2.45, 2.75) is 32.9 Å². The number of rotatable bonds is 4. The SMILES string of the molecule is Cc1cc(F)c(F)c(F)c1C(C(O)C(C)C)n1cncn1. The van der Waals surface area contributed by atoms with E-state index in [2.05, 4.69) is 10.1 Å². The van der Waals surface area contributed by atoms with Crippen LogP contribution < -0.4 is 0 Å². The fourth-order valence-corrected chi connectivity index (χ4v) is 2.28. The van der Waals surface area contributed by atoms with Crippen molar-refractivity contribution in [3.8, 4) is 0 Å². The first kappa shape index (κ1) is 15.5. The largest absolute Gasteiger partial charge is 0.390 e. The molecule has 21 heavy (non-hydrogen) atoms. The Bertz CT molecular complexity index is 629. The van der Waals surface area contributed by atoms with Crippen molar-refractivity contribution in [2.24, 2.45) is 5.92 Å². The first-order valence-corrected chi connectivity index (χ1v) is 6.50. The molecule has 0 fully saturated rings. The highest BCUT2D eigenvalue weighted by Gasteiger charge is 2.32. The molecule has 0 bridgehead atoms. The Balaban J connectivity index is 2.65. The summed E-state index contributed by atoms with van der Waals surface area (Å²) < 4.78 is 42.3. The molecule has 0 aliphatic rings. The van der Waals surface area contributed by atoms with Crippen molar-refractivity contribution >= 4 is 0 Å². The van der Waals surface area contributed by atoms with Gasteiger partial charge in [0.05, 0.1) is 6.10 Å². The van der Waals surface area contributed by atoms with Crippen LogP contribution in [0.1, 0.15) is 31.0 Å². The van der Waals surface area contributed by atoms with Crippen LogP contribution in [-0.2, 0) is 0 Å². The van der Waals surface area contributed by atoms with Crippen LogP contribution in [0.3, 0.4) is 0 Å². The van der Waals surface area contributed by atoms with Crippen LogP contribution in [0.5, 0.6) is 0 Å². The molecule has 2 aromatic rings. The number of aromatic nitrogens is 3. The molecular weight excluding hydrogens is 283 g/mol. The summed E-state index contributed by atoms with van der Waals surface area (Å²) in [6.07, 6.45) is 1.49. The molecule has 0 amide bonds. The predicted octanol–water partition coefficient (Wildman–Crippen LogP) is 2.61. The zero-order chi connectivity index (χ0) is 15.7. The third-order valence-corrected chi connectivity index (χ3v) is 3.43. The minimum absolute atomic E-state index is 0.124. The summed E-state index contributed by atoms with van der Waals surface area (Å²) in [5.74, 6) is -4.37. The molecule has 0 aliphatic carbocycles. The van der Waals surface area contributed by atoms with Crippen LogP contribution in [-0.4, -0.2) is 26.0 Å². The van der Waals surface area contributed by atoms with E-state index in [4.69, 9.17) is 0 Å². The third kappa shape index (κ3) is 2.78. The Morgan fingerprint density at radius 2 is 1.86 bits per heavy atom. The van der Waals surface area contributed by atoms with E-state index in [0.717, 1.165) is 6.07 Å². The Labute approximate surface area is 120 Å². The fraction of sp³-hybridized carbons (Fsp3) is 0.429. The average molecular weight is 299 g/mol. The number of nitrogens with zero attached hydrogens (tertiary/aromatic N) is 3. The monoisotopic (exact) mass is 299 g/mol. The fourth-order valence-electron chi connectivity index (χ4n) is 2.28. The maximum absolute atomic E-state index is 14.2. The molecule has 1 aromatic carbocycles. The van der Waals surface area contributed by atoms with Gasteiger partial charge in [0.1, 0.15) is 18.7 Å². The quantitative estimate of drug-likeness (QED) is 0.883. The first-order valence-electron chi connectivity index (χ1n) is 6.50. The molecule has 2 rings (SSSR count). The lowest BCUT2D eigenvalue weighted by molar-refractivity contribution is 0.0781. The van der Waals surface area contributed by atoms with Crippen LogP contribution in [0.4, 0.5) is 13.2 Å². The molecule has 4 nitrogen and oxygen atoms in total. The predicted molar refractivity (Wildman–Crippen MR) is 70.1 cm³/mol. The second kappa shape index (κ2) is 5.85. The molecule has 0 radical (unpaired) electrons. The molecule has 2 atom stereocenters. The van der Waals surface area contributed by atoms with Crippen LogP contribution in [0.2, 0.25) is 0 Å². The second-order valence-electron chi connectivity index (χ2n) is 5.27. The summed E-state index contributed by atoms with van der Waals surface area (Å²) in [6, 6.07) is -0.0762. The van der Waals surface area contributed by atoms with E-state index < -0.39 is 29.6 Å². The maximum Gasteiger partial charge on any atom is 0.194 e. The third-order valence-electron chi connectivity index (χ3n) is 3.43. The Hall–Kier alpha value is -1.89. The number of aliphatic hydroxyl groups excluding tert-OH is 1. The maximum atomic E-state index is 14.2. The highest BCUT2D eigenvalue weighted by atomic mass is 19.2. The molecule has 1 aromatic heterocycles. The van der Waals surface area contributed by atoms with Gasteiger partial charge in [-0.1, -0.05) is 13.8 Å². The summed E-state index contributed by atoms with van der Waals surface area (Å²) >= 11 is 0. The van der Waals surface area contributed by atoms with Gasteiger partial charge in [-0.2, -0.15) is 5.10 Å². The van der Waals surface area contributed by atoms with E-state index in [1.54, 1.807) is 13.8 Å². The zero-order valence-corrected chi connectivity index (χ0v) is 11.9. The number of aryl methyl sites for hydroxylation is 1. The lowest BCUT2D eigenvalue weighted by atomic mass is 9.90. The summed E-state index contributed by atoms with van der Waals surface area (Å²) in [5, 5.41) is 14.2. The van der Waals surface area contributed by atoms with E-state index in [0.29, 0.717) is 0 Å². The number of hydrogen-bond donors (Lipinski definition) is 1. The minimum Gasteiger partial charge on any atom is -0.390 e. The lowest BCUT2D eigenvalue weighted by Gasteiger charge is -2.27. The number of halogens is 3. The van der Waals surface area contributed by atoms with Gasteiger partial charge < -0.3 is 5.11 Å². The van der Waals surface area contributed by atoms with Crippen molar-refractivity contribution in [1.29, 1.82) is 0 Å². The Morgan fingerprint density at radius 1 is 1.19 bits per heavy atom. The molecule has 1 N–H and O–H groups in total. The van der Waals surface area contributed by atoms with Crippen LogP contribution in [0.15, 0.2) is 18.7 Å². The molecule has 114 valence electrons. The summed E-state index contributed by atoms with van der Waals surface area (Å²) in [6.45, 7) is 4.93. The Kier molecular flexibility index (Phi) is 4.32. The van der Waals surface area contributed by atoms with Gasteiger partial charge in [-0.15, -0.1) is 0 Å². The minimum atomic E-state index is -1.56. The molecule has 7 heteroatoms. The molecule has 0 saturated heterocycles. The van der Waals surface area contributed by atoms with Gasteiger partial charge >= 0.3 is 0 Å². The van der Waals surface area contributed by atoms with Gasteiger partial charge in [-0.25, -0.2) is 22.8 Å². The molecule has 0 spiro atoms. The van der Waals surface area contributed by atoms with Crippen molar-refractivity contribution in [3.05, 3.63) is 47.3 Å². The van der Waals surface area contributed by atoms with E-state index >= 15 is 0 Å². The topological polar surface area (TPSA) is 50.9 Å². The van der Waals surface area contributed by atoms with Gasteiger partial charge in [-0.3, -0.25) is 0 Å². The zero-order valence-electron chi connectivity index (χ0n) is 11.9. The van der Waals surface area contributed by atoms with Crippen LogP contribution in [0.25, 0.3) is 0 Å². The summed E-state index contributed by atoms with van der Waals surface area (Å²) in [4.78, 5) is 3.76. The van der Waals surface area contributed by atoms with Crippen molar-refractivity contribution in [1.82, 2.24) is 14.8 Å². The number of aliphatic hydroxyl groups is 1. The second-order valence-corrected chi connectivity index (χ2v) is 5.27. The van der Waals surface area contributed by atoms with Crippen molar-refractivity contribution in [2.75, 3.05) is 0 Å². The summed E-state index contributed by atoms with van der Waals surface area (Å²) in [5.41, 5.74) is 0.0761. The van der Waals surface area contributed by atoms with E-state index in [-0.39, 0.29) is 17.0 Å². The molecule has 0 saturated carbocycles. The van der Waals surface area contributed by atoms with Crippen LogP contribution in [0, 0.1) is 30.3 Å². The van der Waals surface area contributed by atoms with Gasteiger partial charge in [0.25, 0.3) is 0 Å². The van der Waals surface area contributed by atoms with Gasteiger partial charge in [0.15, 0.2) is 17.5 Å². The van der Waals surface area contributed by atoms with E-state index in [9.17, 15) is 18.3 Å². The highest BCUT2D eigenvalue weighted by molar-refractivity contribution is 5.33. The molecular formula is C14H16F3N3O. The van der Waals surface area contributed by atoms with Gasteiger partial charge in [0, 0.05) is 5.56 Å². The highest BCUT2D eigenvalue weighted by Crippen LogP contribution is 2.32. The van der Waals surface area contributed by atoms with Crippen LogP contribution >= 0.6 is 0 Å². The smallest absolute Gasteiger partial charge is 0.194 e. The molecule has 1 heterocycles. The lowest BCUT2D eigenvalue weighted by Crippen LogP contribution is -2.32. The van der Waals surface area contributed by atoms with Crippen molar-refractivity contribution < 1.29 is 18.3 Å². The first-order chi connectivity index (χ1) is 9.84. The standard InChI is InChI=1S/C14H16F3N3O/c1-7(2)14(21)13(20-6-18-5-19-20)10-8(3)4-9(15)11(16)12(10)17/h4-7,13-14,21H,1-3H3. The van der Waals surface area contributed by atoms with Gasteiger partial charge in [0.2, 0.25) is 0 Å². The van der Waals surface area contributed by atoms with E-state index in [1.165, 1.54) is 24.3 Å².